The van der Waals surface area contributed by atoms with Gasteiger partial charge in [0.1, 0.15) is 0 Å². The maximum absolute atomic E-state index is 11.6. The molecular formula is C7H14O5S3. The molecule has 90 valence electrons. The molecule has 0 amide bonds. The van der Waals surface area contributed by atoms with E-state index in [1.807, 2.05) is 0 Å². The van der Waals surface area contributed by atoms with Gasteiger partial charge in [-0.15, -0.1) is 0 Å². The molecule has 0 aliphatic carbocycles. The third-order valence-corrected chi connectivity index (χ3v) is 6.68. The summed E-state index contributed by atoms with van der Waals surface area (Å²) in [4.78, 5) is 0. The van der Waals surface area contributed by atoms with Crippen LogP contribution in [0.3, 0.4) is 0 Å². The molecule has 0 aromatic carbocycles. The predicted molar refractivity (Wildman–Crippen MR) is 60.5 cm³/mol. The molecule has 1 aliphatic rings. The first kappa shape index (κ1) is 13.3. The summed E-state index contributed by atoms with van der Waals surface area (Å²) in [5.41, 5.74) is 0. The normalized spacial score (nSPS) is 23.1. The lowest BCUT2D eigenvalue weighted by Gasteiger charge is -2.09. The molecule has 1 N–H and O–H groups in total. The van der Waals surface area contributed by atoms with Gasteiger partial charge >= 0.3 is 0 Å². The van der Waals surface area contributed by atoms with Gasteiger partial charge in [0.15, 0.2) is 9.84 Å². The smallest absolute Gasteiger partial charge is 0.264 e. The quantitative estimate of drug-likeness (QED) is 0.720. The first-order valence-corrected chi connectivity index (χ1v) is 9.04. The summed E-state index contributed by atoms with van der Waals surface area (Å²) in [7, 11) is -7.22. The Morgan fingerprint density at radius 3 is 2.33 bits per heavy atom. The fourth-order valence-electron chi connectivity index (χ4n) is 1.41. The van der Waals surface area contributed by atoms with E-state index in [4.69, 9.17) is 4.55 Å². The molecule has 15 heavy (non-hydrogen) atoms. The molecule has 1 unspecified atom stereocenters. The molecule has 1 fully saturated rings. The first-order chi connectivity index (χ1) is 6.81. The molecule has 0 spiro atoms. The number of sulfone groups is 1. The fraction of sp³-hybridized carbons (Fsp3) is 1.00. The Kier molecular flexibility index (Phi) is 4.45. The zero-order valence-electron chi connectivity index (χ0n) is 8.12. The van der Waals surface area contributed by atoms with Gasteiger partial charge in [0.25, 0.3) is 10.1 Å². The average Bonchev–Trinajstić information content (AvgIpc) is 2.52. The van der Waals surface area contributed by atoms with Crippen LogP contribution in [0.4, 0.5) is 0 Å². The van der Waals surface area contributed by atoms with Crippen LogP contribution in [0.2, 0.25) is 0 Å². The van der Waals surface area contributed by atoms with E-state index < -0.39 is 25.7 Å². The van der Waals surface area contributed by atoms with E-state index in [9.17, 15) is 16.8 Å². The second-order valence-corrected chi connectivity index (χ2v) is 8.61. The Morgan fingerprint density at radius 1 is 1.20 bits per heavy atom. The van der Waals surface area contributed by atoms with E-state index in [1.54, 1.807) is 11.8 Å². The highest BCUT2D eigenvalue weighted by Gasteiger charge is 2.28. The fourth-order valence-corrected chi connectivity index (χ4v) is 5.77. The largest absolute Gasteiger partial charge is 0.286 e. The maximum Gasteiger partial charge on any atom is 0.264 e. The van der Waals surface area contributed by atoms with Crippen LogP contribution in [0.15, 0.2) is 0 Å². The lowest BCUT2D eigenvalue weighted by molar-refractivity contribution is 0.482. The molecule has 1 saturated heterocycles. The van der Waals surface area contributed by atoms with Crippen molar-refractivity contribution in [3.8, 4) is 0 Å². The monoisotopic (exact) mass is 274 g/mol. The molecule has 5 nitrogen and oxygen atoms in total. The Morgan fingerprint density at radius 2 is 1.87 bits per heavy atom. The minimum absolute atomic E-state index is 0.0255. The van der Waals surface area contributed by atoms with Gasteiger partial charge in [-0.1, -0.05) is 0 Å². The molecule has 0 saturated carbocycles. The van der Waals surface area contributed by atoms with Crippen molar-refractivity contribution in [3.05, 3.63) is 0 Å². The van der Waals surface area contributed by atoms with Crippen molar-refractivity contribution in [2.75, 3.05) is 23.0 Å². The van der Waals surface area contributed by atoms with Crippen molar-refractivity contribution >= 4 is 31.7 Å². The van der Waals surface area contributed by atoms with Crippen LogP contribution in [0.1, 0.15) is 12.8 Å². The van der Waals surface area contributed by atoms with Crippen LogP contribution >= 0.6 is 11.8 Å². The van der Waals surface area contributed by atoms with Gasteiger partial charge in [0, 0.05) is 5.75 Å². The van der Waals surface area contributed by atoms with Gasteiger partial charge in [-0.05, 0) is 18.6 Å². The summed E-state index contributed by atoms with van der Waals surface area (Å²) >= 11 is 1.60. The van der Waals surface area contributed by atoms with Crippen molar-refractivity contribution in [2.24, 2.45) is 0 Å². The lowest BCUT2D eigenvalue weighted by atomic mass is 10.4. The highest BCUT2D eigenvalue weighted by molar-refractivity contribution is 8.01. The van der Waals surface area contributed by atoms with E-state index in [0.717, 1.165) is 5.75 Å². The van der Waals surface area contributed by atoms with E-state index in [0.29, 0.717) is 12.2 Å². The summed E-state index contributed by atoms with van der Waals surface area (Å²) in [5, 5.41) is -0.330. The molecule has 1 aliphatic heterocycles. The number of rotatable bonds is 5. The summed E-state index contributed by atoms with van der Waals surface area (Å²) in [6, 6.07) is 0. The SMILES string of the molecule is O=S(=O)(O)CCCS(=O)(=O)C1CCSC1. The van der Waals surface area contributed by atoms with Gasteiger partial charge in [-0.2, -0.15) is 20.2 Å². The van der Waals surface area contributed by atoms with Crippen molar-refractivity contribution < 1.29 is 21.4 Å². The van der Waals surface area contributed by atoms with Gasteiger partial charge in [0.2, 0.25) is 0 Å². The Labute approximate surface area is 94.3 Å². The second kappa shape index (κ2) is 5.03. The Bertz CT molecular complexity index is 390. The van der Waals surface area contributed by atoms with Gasteiger partial charge in [0.05, 0.1) is 16.8 Å². The number of hydrogen-bond acceptors (Lipinski definition) is 5. The first-order valence-electron chi connectivity index (χ1n) is 4.56. The van der Waals surface area contributed by atoms with Crippen LogP contribution in [-0.4, -0.2) is 49.6 Å². The highest BCUT2D eigenvalue weighted by Crippen LogP contribution is 2.24. The molecule has 1 rings (SSSR count). The van der Waals surface area contributed by atoms with Crippen LogP contribution in [0.25, 0.3) is 0 Å². The Hall–Kier alpha value is 0.210. The van der Waals surface area contributed by atoms with Crippen molar-refractivity contribution in [2.45, 2.75) is 18.1 Å². The lowest BCUT2D eigenvalue weighted by Crippen LogP contribution is -2.24. The molecule has 0 aromatic heterocycles. The molecular weight excluding hydrogens is 260 g/mol. The third-order valence-electron chi connectivity index (χ3n) is 2.23. The summed E-state index contributed by atoms with van der Waals surface area (Å²) in [6.45, 7) is 0. The van der Waals surface area contributed by atoms with E-state index in [2.05, 4.69) is 0 Å². The highest BCUT2D eigenvalue weighted by atomic mass is 32.2. The van der Waals surface area contributed by atoms with Gasteiger partial charge < -0.3 is 0 Å². The minimum atomic E-state index is -4.04. The molecule has 1 atom stereocenters. The van der Waals surface area contributed by atoms with Crippen molar-refractivity contribution in [1.82, 2.24) is 0 Å². The van der Waals surface area contributed by atoms with Crippen LogP contribution in [-0.2, 0) is 20.0 Å². The number of hydrogen-bond donors (Lipinski definition) is 1. The molecule has 1 heterocycles. The van der Waals surface area contributed by atoms with Crippen LogP contribution in [0.5, 0.6) is 0 Å². The summed E-state index contributed by atoms with van der Waals surface area (Å²) in [5.74, 6) is 0.820. The third kappa shape index (κ3) is 4.71. The van der Waals surface area contributed by atoms with Crippen LogP contribution < -0.4 is 0 Å². The zero-order chi connectivity index (χ0) is 11.5. The standard InChI is InChI=1S/C7H14O5S3/c8-14(9,7-2-3-13-6-7)4-1-5-15(10,11)12/h7H,1-6H2,(H,10,11,12). The zero-order valence-corrected chi connectivity index (χ0v) is 10.6. The maximum atomic E-state index is 11.6. The molecule has 8 heteroatoms. The minimum Gasteiger partial charge on any atom is -0.286 e. The topological polar surface area (TPSA) is 88.5 Å². The predicted octanol–water partition coefficient (Wildman–Crippen LogP) is 0.185. The van der Waals surface area contributed by atoms with Gasteiger partial charge in [-0.25, -0.2) is 8.42 Å². The summed E-state index contributed by atoms with van der Waals surface area (Å²) < 4.78 is 52.5. The van der Waals surface area contributed by atoms with E-state index in [-0.39, 0.29) is 17.4 Å². The van der Waals surface area contributed by atoms with Gasteiger partial charge in [-0.3, -0.25) is 4.55 Å². The van der Waals surface area contributed by atoms with Crippen molar-refractivity contribution in [1.29, 1.82) is 0 Å². The number of thioether (sulfide) groups is 1. The van der Waals surface area contributed by atoms with Crippen molar-refractivity contribution in [3.63, 3.8) is 0 Å². The average molecular weight is 274 g/mol. The Balaban J connectivity index is 2.43. The second-order valence-electron chi connectivity index (χ2n) is 3.49. The summed E-state index contributed by atoms with van der Waals surface area (Å²) in [6.07, 6.45) is 0.626. The van der Waals surface area contributed by atoms with E-state index >= 15 is 0 Å². The van der Waals surface area contributed by atoms with Crippen LogP contribution in [0, 0.1) is 0 Å². The molecule has 0 aromatic rings. The molecule has 0 radical (unpaired) electrons. The molecule has 0 bridgehead atoms. The van der Waals surface area contributed by atoms with E-state index in [1.165, 1.54) is 0 Å².